The van der Waals surface area contributed by atoms with Crippen molar-refractivity contribution in [3.8, 4) is 6.07 Å². The van der Waals surface area contributed by atoms with Crippen molar-refractivity contribution in [2.45, 2.75) is 25.4 Å². The highest BCUT2D eigenvalue weighted by molar-refractivity contribution is 5.83. The van der Waals surface area contributed by atoms with E-state index >= 15 is 0 Å². The van der Waals surface area contributed by atoms with Gasteiger partial charge >= 0.3 is 6.18 Å². The summed E-state index contributed by atoms with van der Waals surface area (Å²) < 4.78 is 34.3. The van der Waals surface area contributed by atoms with Crippen LogP contribution in [0.3, 0.4) is 0 Å². The van der Waals surface area contributed by atoms with Crippen molar-refractivity contribution in [2.75, 3.05) is 0 Å². The highest BCUT2D eigenvalue weighted by atomic mass is 19.4. The Kier molecular flexibility index (Phi) is 3.58. The molecule has 0 aliphatic rings. The Morgan fingerprint density at radius 2 is 2.00 bits per heavy atom. The molecule has 0 radical (unpaired) electrons. The minimum atomic E-state index is -4.74. The minimum absolute atomic E-state index is 0.0121. The van der Waals surface area contributed by atoms with Crippen LogP contribution in [0.25, 0.3) is 0 Å². The third kappa shape index (κ3) is 4.37. The van der Waals surface area contributed by atoms with Crippen LogP contribution in [0.15, 0.2) is 0 Å². The number of rotatable bonds is 3. The fourth-order valence-electron chi connectivity index (χ4n) is 0.470. The number of hydrogen-bond donors (Lipinski definition) is 0. The first-order valence-electron chi connectivity index (χ1n) is 2.95. The molecule has 0 aromatic carbocycles. The quantitative estimate of drug-likeness (QED) is 0.598. The molecule has 0 unspecified atom stereocenters. The zero-order valence-corrected chi connectivity index (χ0v) is 5.61. The number of hydrogen-bond acceptors (Lipinski definition) is 2. The van der Waals surface area contributed by atoms with Gasteiger partial charge in [-0.3, -0.25) is 4.79 Å². The number of unbranched alkanes of at least 4 members (excludes halogenated alkanes) is 1. The summed E-state index contributed by atoms with van der Waals surface area (Å²) >= 11 is 0. The summed E-state index contributed by atoms with van der Waals surface area (Å²) in [5.41, 5.74) is 0. The second-order valence-electron chi connectivity index (χ2n) is 1.93. The van der Waals surface area contributed by atoms with E-state index in [4.69, 9.17) is 5.26 Å². The van der Waals surface area contributed by atoms with E-state index < -0.39 is 18.4 Å². The van der Waals surface area contributed by atoms with Crippen molar-refractivity contribution in [3.05, 3.63) is 0 Å². The molecule has 0 saturated heterocycles. The van der Waals surface area contributed by atoms with E-state index in [1.807, 2.05) is 0 Å². The molecular weight excluding hydrogens is 159 g/mol. The van der Waals surface area contributed by atoms with Crippen LogP contribution in [-0.4, -0.2) is 12.0 Å². The first-order chi connectivity index (χ1) is 4.98. The fourth-order valence-corrected chi connectivity index (χ4v) is 0.470. The summed E-state index contributed by atoms with van der Waals surface area (Å²) in [6.07, 6.45) is -5.36. The van der Waals surface area contributed by atoms with Gasteiger partial charge in [-0.1, -0.05) is 0 Å². The molecule has 0 rings (SSSR count). The largest absolute Gasteiger partial charge is 0.449 e. The van der Waals surface area contributed by atoms with Crippen LogP contribution in [0.2, 0.25) is 0 Å². The molecule has 0 spiro atoms. The molecule has 0 aliphatic carbocycles. The van der Waals surface area contributed by atoms with E-state index in [0.29, 0.717) is 0 Å². The third-order valence-electron chi connectivity index (χ3n) is 1.01. The standard InChI is InChI=1S/C6H6F3NO/c7-6(8,9)5(11)3-1-2-4-10/h1-3H2. The smallest absolute Gasteiger partial charge is 0.290 e. The summed E-state index contributed by atoms with van der Waals surface area (Å²) in [4.78, 5) is 10.1. The molecule has 0 amide bonds. The Morgan fingerprint density at radius 3 is 2.36 bits per heavy atom. The van der Waals surface area contributed by atoms with E-state index in [2.05, 4.69) is 0 Å². The lowest BCUT2D eigenvalue weighted by Gasteiger charge is -2.01. The zero-order valence-electron chi connectivity index (χ0n) is 5.61. The predicted molar refractivity (Wildman–Crippen MR) is 30.5 cm³/mol. The first-order valence-corrected chi connectivity index (χ1v) is 2.95. The van der Waals surface area contributed by atoms with Crippen molar-refractivity contribution < 1.29 is 18.0 Å². The molecule has 5 heteroatoms. The van der Waals surface area contributed by atoms with Gasteiger partial charge in [0.1, 0.15) is 0 Å². The molecule has 0 aromatic rings. The maximum atomic E-state index is 11.4. The number of nitrogens with zero attached hydrogens (tertiary/aromatic N) is 1. The number of alkyl halides is 3. The van der Waals surface area contributed by atoms with E-state index in [1.54, 1.807) is 6.07 Å². The molecule has 0 atom stereocenters. The highest BCUT2D eigenvalue weighted by Gasteiger charge is 2.36. The maximum Gasteiger partial charge on any atom is 0.449 e. The lowest BCUT2D eigenvalue weighted by atomic mass is 10.2. The molecule has 2 nitrogen and oxygen atoms in total. The van der Waals surface area contributed by atoms with Crippen molar-refractivity contribution in [1.29, 1.82) is 5.26 Å². The Labute approximate surface area is 61.6 Å². The van der Waals surface area contributed by atoms with Gasteiger partial charge in [-0.05, 0) is 6.42 Å². The van der Waals surface area contributed by atoms with E-state index in [0.717, 1.165) is 0 Å². The SMILES string of the molecule is N#CCCCC(=O)C(F)(F)F. The molecule has 11 heavy (non-hydrogen) atoms. The van der Waals surface area contributed by atoms with Gasteiger partial charge in [-0.15, -0.1) is 0 Å². The molecule has 0 bridgehead atoms. The predicted octanol–water partition coefficient (Wildman–Crippen LogP) is 1.81. The number of halogens is 3. The van der Waals surface area contributed by atoms with Crippen LogP contribution < -0.4 is 0 Å². The van der Waals surface area contributed by atoms with Crippen molar-refractivity contribution in [1.82, 2.24) is 0 Å². The summed E-state index contributed by atoms with van der Waals surface area (Å²) in [6.45, 7) is 0. The van der Waals surface area contributed by atoms with Gasteiger partial charge in [0.2, 0.25) is 5.78 Å². The van der Waals surface area contributed by atoms with Gasteiger partial charge in [-0.2, -0.15) is 18.4 Å². The summed E-state index contributed by atoms with van der Waals surface area (Å²) in [6, 6.07) is 1.65. The van der Waals surface area contributed by atoms with Crippen molar-refractivity contribution in [3.63, 3.8) is 0 Å². The van der Waals surface area contributed by atoms with Crippen LogP contribution in [0.4, 0.5) is 13.2 Å². The molecule has 0 heterocycles. The normalized spacial score (nSPS) is 10.7. The van der Waals surface area contributed by atoms with Crippen LogP contribution in [0.1, 0.15) is 19.3 Å². The van der Waals surface area contributed by atoms with Crippen LogP contribution in [0.5, 0.6) is 0 Å². The van der Waals surface area contributed by atoms with Crippen molar-refractivity contribution in [2.24, 2.45) is 0 Å². The van der Waals surface area contributed by atoms with Crippen LogP contribution in [0, 0.1) is 11.3 Å². The Morgan fingerprint density at radius 1 is 1.45 bits per heavy atom. The molecular formula is C6H6F3NO. The van der Waals surface area contributed by atoms with Crippen LogP contribution in [-0.2, 0) is 4.79 Å². The second-order valence-corrected chi connectivity index (χ2v) is 1.93. The van der Waals surface area contributed by atoms with Gasteiger partial charge in [0.05, 0.1) is 6.07 Å². The number of carbonyl (C=O) groups excluding carboxylic acids is 1. The van der Waals surface area contributed by atoms with Gasteiger partial charge in [-0.25, -0.2) is 0 Å². The van der Waals surface area contributed by atoms with Gasteiger partial charge in [0.25, 0.3) is 0 Å². The monoisotopic (exact) mass is 165 g/mol. The molecule has 0 aliphatic heterocycles. The first kappa shape index (κ1) is 9.95. The number of Topliss-reactive ketones (excluding diaryl/α,β-unsaturated/α-hetero) is 1. The molecule has 0 N–H and O–H groups in total. The molecule has 62 valence electrons. The summed E-state index contributed by atoms with van der Waals surface area (Å²) in [5.74, 6) is -1.76. The topological polar surface area (TPSA) is 40.9 Å². The lowest BCUT2D eigenvalue weighted by molar-refractivity contribution is -0.171. The van der Waals surface area contributed by atoms with E-state index in [-0.39, 0.29) is 12.8 Å². The average Bonchev–Trinajstić information content (AvgIpc) is 1.86. The lowest BCUT2D eigenvalue weighted by Crippen LogP contribution is -2.22. The average molecular weight is 165 g/mol. The van der Waals surface area contributed by atoms with Gasteiger partial charge in [0, 0.05) is 12.8 Å². The van der Waals surface area contributed by atoms with E-state index in [1.165, 1.54) is 0 Å². The second kappa shape index (κ2) is 3.96. The Hall–Kier alpha value is -1.05. The molecule has 0 saturated carbocycles. The third-order valence-corrected chi connectivity index (χ3v) is 1.01. The van der Waals surface area contributed by atoms with E-state index in [9.17, 15) is 18.0 Å². The van der Waals surface area contributed by atoms with Gasteiger partial charge < -0.3 is 0 Å². The summed E-state index contributed by atoms with van der Waals surface area (Å²) in [7, 11) is 0. The Bertz CT molecular complexity index is 179. The number of ketones is 1. The van der Waals surface area contributed by atoms with Crippen molar-refractivity contribution >= 4 is 5.78 Å². The summed E-state index contributed by atoms with van der Waals surface area (Å²) in [5, 5.41) is 7.94. The minimum Gasteiger partial charge on any atom is -0.290 e. The maximum absolute atomic E-state index is 11.4. The fraction of sp³-hybridized carbons (Fsp3) is 0.667. The number of carbonyl (C=O) groups is 1. The van der Waals surface area contributed by atoms with Gasteiger partial charge in [0.15, 0.2) is 0 Å². The highest BCUT2D eigenvalue weighted by Crippen LogP contribution is 2.18. The van der Waals surface area contributed by atoms with Crippen LogP contribution >= 0.6 is 0 Å². The molecule has 0 aromatic heterocycles. The molecule has 0 fully saturated rings. The number of nitriles is 1. The Balaban J connectivity index is 3.64. The zero-order chi connectivity index (χ0) is 8.91.